The Balaban J connectivity index is 2.36. The normalized spacial score (nSPS) is 13.8. The zero-order chi connectivity index (χ0) is 14.1. The number of aryl methyl sites for hydroxylation is 1. The summed E-state index contributed by atoms with van der Waals surface area (Å²) in [6.45, 7) is 2.06. The molecule has 0 saturated heterocycles. The molecule has 1 aromatic carbocycles. The van der Waals surface area contributed by atoms with Crippen molar-refractivity contribution in [3.8, 4) is 0 Å². The smallest absolute Gasteiger partial charge is 0.237 e. The number of nitrogens with two attached hydrogens (primary N) is 1. The summed E-state index contributed by atoms with van der Waals surface area (Å²) in [6, 6.07) is 9.52. The van der Waals surface area contributed by atoms with Gasteiger partial charge in [0.25, 0.3) is 0 Å². The minimum Gasteiger partial charge on any atom is -0.396 e. The molecule has 1 rings (SSSR count). The van der Waals surface area contributed by atoms with Crippen LogP contribution in [0.1, 0.15) is 31.7 Å². The molecule has 2 unspecified atom stereocenters. The molecule has 0 aliphatic carbocycles. The molecule has 4 nitrogen and oxygen atoms in total. The molecular formula is C15H24N2O2. The van der Waals surface area contributed by atoms with Gasteiger partial charge in [-0.15, -0.1) is 0 Å². The number of carbonyl (C=O) groups excluding carboxylic acids is 1. The number of carbonyl (C=O) groups is 1. The van der Waals surface area contributed by atoms with Crippen LogP contribution in [0.2, 0.25) is 0 Å². The molecule has 0 radical (unpaired) electrons. The Morgan fingerprint density at radius 2 is 2.00 bits per heavy atom. The molecular weight excluding hydrogens is 240 g/mol. The highest BCUT2D eigenvalue weighted by Crippen LogP contribution is 2.05. The van der Waals surface area contributed by atoms with Gasteiger partial charge in [0.2, 0.25) is 5.91 Å². The van der Waals surface area contributed by atoms with Crippen LogP contribution in [0.15, 0.2) is 30.3 Å². The lowest BCUT2D eigenvalue weighted by Crippen LogP contribution is -2.45. The lowest BCUT2D eigenvalue weighted by atomic mass is 10.0. The number of nitrogens with one attached hydrogen (secondary N) is 1. The molecule has 1 aromatic rings. The molecule has 0 aliphatic heterocycles. The lowest BCUT2D eigenvalue weighted by molar-refractivity contribution is -0.123. The van der Waals surface area contributed by atoms with E-state index in [0.29, 0.717) is 12.8 Å². The van der Waals surface area contributed by atoms with Gasteiger partial charge < -0.3 is 16.2 Å². The van der Waals surface area contributed by atoms with Crippen LogP contribution < -0.4 is 11.1 Å². The van der Waals surface area contributed by atoms with Crippen LogP contribution in [0, 0.1) is 0 Å². The van der Waals surface area contributed by atoms with Crippen molar-refractivity contribution in [2.45, 2.75) is 44.7 Å². The maximum absolute atomic E-state index is 11.9. The van der Waals surface area contributed by atoms with E-state index in [1.165, 1.54) is 5.56 Å². The molecule has 4 N–H and O–H groups in total. The number of hydrogen-bond acceptors (Lipinski definition) is 3. The van der Waals surface area contributed by atoms with E-state index in [4.69, 9.17) is 10.8 Å². The highest BCUT2D eigenvalue weighted by Gasteiger charge is 2.16. The summed E-state index contributed by atoms with van der Waals surface area (Å²) in [7, 11) is 0. The molecule has 0 bridgehead atoms. The summed E-state index contributed by atoms with van der Waals surface area (Å²) in [4.78, 5) is 11.9. The van der Waals surface area contributed by atoms with Gasteiger partial charge in [-0.05, 0) is 31.2 Å². The van der Waals surface area contributed by atoms with Crippen LogP contribution in [-0.2, 0) is 11.2 Å². The van der Waals surface area contributed by atoms with Crippen LogP contribution in [-0.4, -0.2) is 29.7 Å². The number of hydrogen-bond donors (Lipinski definition) is 3. The minimum absolute atomic E-state index is 0.0141. The van der Waals surface area contributed by atoms with Gasteiger partial charge in [-0.2, -0.15) is 0 Å². The molecule has 0 heterocycles. The third kappa shape index (κ3) is 5.85. The molecule has 1 amide bonds. The fourth-order valence-electron chi connectivity index (χ4n) is 1.94. The first-order chi connectivity index (χ1) is 9.17. The van der Waals surface area contributed by atoms with Gasteiger partial charge in [0.05, 0.1) is 6.04 Å². The molecule has 106 valence electrons. The van der Waals surface area contributed by atoms with Gasteiger partial charge in [-0.25, -0.2) is 0 Å². The fraction of sp³-hybridized carbons (Fsp3) is 0.533. The quantitative estimate of drug-likeness (QED) is 0.661. The minimum atomic E-state index is -0.493. The van der Waals surface area contributed by atoms with Gasteiger partial charge in [0.15, 0.2) is 0 Å². The monoisotopic (exact) mass is 264 g/mol. The predicted octanol–water partition coefficient (Wildman–Crippen LogP) is 1.22. The standard InChI is InChI=1S/C15H24N2O2/c1-2-13(10-11-18)17-15(19)14(16)9-8-12-6-4-3-5-7-12/h3-7,13-14,18H,2,8-11,16H2,1H3,(H,17,19). The fourth-order valence-corrected chi connectivity index (χ4v) is 1.94. The number of rotatable bonds is 8. The SMILES string of the molecule is CCC(CCO)NC(=O)C(N)CCc1ccccc1. The Kier molecular flexibility index (Phi) is 7.15. The Labute approximate surface area is 115 Å². The first kappa shape index (κ1) is 15.7. The Hall–Kier alpha value is -1.39. The first-order valence-electron chi connectivity index (χ1n) is 6.88. The van der Waals surface area contributed by atoms with Gasteiger partial charge in [0, 0.05) is 12.6 Å². The average Bonchev–Trinajstić information content (AvgIpc) is 2.45. The maximum atomic E-state index is 11.9. The van der Waals surface area contributed by atoms with E-state index < -0.39 is 6.04 Å². The molecule has 19 heavy (non-hydrogen) atoms. The molecule has 0 saturated carbocycles. The van der Waals surface area contributed by atoms with Crippen molar-refractivity contribution in [2.75, 3.05) is 6.61 Å². The van der Waals surface area contributed by atoms with Crippen molar-refractivity contribution in [3.05, 3.63) is 35.9 Å². The van der Waals surface area contributed by atoms with Crippen molar-refractivity contribution in [1.82, 2.24) is 5.32 Å². The predicted molar refractivity (Wildman–Crippen MR) is 76.7 cm³/mol. The second kappa shape index (κ2) is 8.67. The molecule has 0 spiro atoms. The maximum Gasteiger partial charge on any atom is 0.237 e. The zero-order valence-corrected chi connectivity index (χ0v) is 11.5. The van der Waals surface area contributed by atoms with Crippen LogP contribution in [0.3, 0.4) is 0 Å². The number of benzene rings is 1. The molecule has 0 fully saturated rings. The summed E-state index contributed by atoms with van der Waals surface area (Å²) in [5.74, 6) is -0.128. The Morgan fingerprint density at radius 3 is 2.58 bits per heavy atom. The van der Waals surface area contributed by atoms with Gasteiger partial charge in [0.1, 0.15) is 0 Å². The molecule has 0 aliphatic rings. The van der Waals surface area contributed by atoms with Gasteiger partial charge in [-0.3, -0.25) is 4.79 Å². The van der Waals surface area contributed by atoms with E-state index >= 15 is 0 Å². The van der Waals surface area contributed by atoms with Crippen LogP contribution in [0.5, 0.6) is 0 Å². The van der Waals surface area contributed by atoms with Crippen molar-refractivity contribution in [3.63, 3.8) is 0 Å². The number of aliphatic hydroxyl groups is 1. The van der Waals surface area contributed by atoms with Crippen molar-refractivity contribution in [2.24, 2.45) is 5.73 Å². The van der Waals surface area contributed by atoms with Crippen molar-refractivity contribution >= 4 is 5.91 Å². The Bertz CT molecular complexity index is 368. The van der Waals surface area contributed by atoms with Crippen molar-refractivity contribution < 1.29 is 9.90 Å². The summed E-state index contributed by atoms with van der Waals surface area (Å²) >= 11 is 0. The summed E-state index contributed by atoms with van der Waals surface area (Å²) in [5.41, 5.74) is 7.08. The lowest BCUT2D eigenvalue weighted by Gasteiger charge is -2.19. The van der Waals surface area contributed by atoms with E-state index in [2.05, 4.69) is 5.32 Å². The average molecular weight is 264 g/mol. The summed E-state index contributed by atoms with van der Waals surface area (Å²) in [5, 5.41) is 11.8. The second-order valence-electron chi connectivity index (χ2n) is 4.76. The number of amides is 1. The van der Waals surface area contributed by atoms with Gasteiger partial charge in [-0.1, -0.05) is 37.3 Å². The van der Waals surface area contributed by atoms with Crippen LogP contribution >= 0.6 is 0 Å². The third-order valence-electron chi connectivity index (χ3n) is 3.24. The van der Waals surface area contributed by atoms with Crippen molar-refractivity contribution in [1.29, 1.82) is 0 Å². The van der Waals surface area contributed by atoms with E-state index in [-0.39, 0.29) is 18.6 Å². The Morgan fingerprint density at radius 1 is 1.32 bits per heavy atom. The van der Waals surface area contributed by atoms with Crippen LogP contribution in [0.4, 0.5) is 0 Å². The van der Waals surface area contributed by atoms with Crippen LogP contribution in [0.25, 0.3) is 0 Å². The van der Waals surface area contributed by atoms with Gasteiger partial charge >= 0.3 is 0 Å². The topological polar surface area (TPSA) is 75.3 Å². The third-order valence-corrected chi connectivity index (χ3v) is 3.24. The molecule has 2 atom stereocenters. The van der Waals surface area contributed by atoms with E-state index in [1.807, 2.05) is 37.3 Å². The highest BCUT2D eigenvalue weighted by molar-refractivity contribution is 5.81. The molecule has 4 heteroatoms. The number of aliphatic hydroxyl groups excluding tert-OH is 1. The highest BCUT2D eigenvalue weighted by atomic mass is 16.3. The summed E-state index contributed by atoms with van der Waals surface area (Å²) < 4.78 is 0. The molecule has 0 aromatic heterocycles. The summed E-state index contributed by atoms with van der Waals surface area (Å²) in [6.07, 6.45) is 2.81. The zero-order valence-electron chi connectivity index (χ0n) is 11.5. The van der Waals surface area contributed by atoms with E-state index in [9.17, 15) is 4.79 Å². The second-order valence-corrected chi connectivity index (χ2v) is 4.76. The van der Waals surface area contributed by atoms with E-state index in [0.717, 1.165) is 12.8 Å². The van der Waals surface area contributed by atoms with E-state index in [1.54, 1.807) is 0 Å². The first-order valence-corrected chi connectivity index (χ1v) is 6.88. The largest absolute Gasteiger partial charge is 0.396 e.